The van der Waals surface area contributed by atoms with Crippen molar-refractivity contribution in [2.75, 3.05) is 25.0 Å². The zero-order valence-corrected chi connectivity index (χ0v) is 9.47. The fourth-order valence-corrected chi connectivity index (χ4v) is 1.94. The monoisotopic (exact) mass is 219 g/mol. The minimum atomic E-state index is 0.0270. The second kappa shape index (κ2) is 4.53. The first kappa shape index (κ1) is 11.0. The van der Waals surface area contributed by atoms with E-state index in [4.69, 9.17) is 5.73 Å². The van der Waals surface area contributed by atoms with Crippen LogP contribution < -0.4 is 10.6 Å². The molecule has 1 fully saturated rings. The molecule has 2 rings (SSSR count). The molecule has 0 saturated carbocycles. The molecule has 1 aromatic rings. The van der Waals surface area contributed by atoms with Crippen molar-refractivity contribution in [2.45, 2.75) is 12.5 Å². The van der Waals surface area contributed by atoms with Crippen LogP contribution in [0.15, 0.2) is 30.3 Å². The molecule has 0 spiro atoms. The number of benzene rings is 1. The molecular formula is C12H17N3O. The van der Waals surface area contributed by atoms with Gasteiger partial charge in [-0.25, -0.2) is 4.79 Å². The van der Waals surface area contributed by atoms with E-state index in [-0.39, 0.29) is 12.1 Å². The molecule has 0 aromatic heterocycles. The molecule has 1 aliphatic heterocycles. The molecule has 0 aliphatic carbocycles. The third-order valence-corrected chi connectivity index (χ3v) is 2.93. The Morgan fingerprint density at radius 3 is 2.69 bits per heavy atom. The molecule has 1 aromatic carbocycles. The molecule has 2 N–H and O–H groups in total. The molecular weight excluding hydrogens is 202 g/mol. The van der Waals surface area contributed by atoms with Crippen molar-refractivity contribution in [3.63, 3.8) is 0 Å². The van der Waals surface area contributed by atoms with Gasteiger partial charge in [0.1, 0.15) is 0 Å². The first-order valence-electron chi connectivity index (χ1n) is 5.52. The summed E-state index contributed by atoms with van der Waals surface area (Å²) in [6, 6.07) is 9.80. The van der Waals surface area contributed by atoms with Crippen LogP contribution in [0.5, 0.6) is 0 Å². The Labute approximate surface area is 95.6 Å². The Kier molecular flexibility index (Phi) is 3.10. The lowest BCUT2D eigenvalue weighted by atomic mass is 10.3. The highest BCUT2D eigenvalue weighted by Gasteiger charge is 2.26. The summed E-state index contributed by atoms with van der Waals surface area (Å²) in [5.41, 5.74) is 6.70. The van der Waals surface area contributed by atoms with Crippen LogP contribution in [-0.4, -0.2) is 37.1 Å². The molecule has 4 nitrogen and oxygen atoms in total. The number of carbonyl (C=O) groups is 1. The van der Waals surface area contributed by atoms with Gasteiger partial charge in [-0.2, -0.15) is 0 Å². The SMILES string of the molecule is CN(C(=O)N1CC[C@@H](N)C1)c1ccccc1. The van der Waals surface area contributed by atoms with E-state index in [0.29, 0.717) is 6.54 Å². The number of hydrogen-bond donors (Lipinski definition) is 1. The van der Waals surface area contributed by atoms with E-state index in [2.05, 4.69) is 0 Å². The van der Waals surface area contributed by atoms with Crippen LogP contribution in [0.25, 0.3) is 0 Å². The van der Waals surface area contributed by atoms with Gasteiger partial charge in [0.15, 0.2) is 0 Å². The summed E-state index contributed by atoms with van der Waals surface area (Å²) >= 11 is 0. The highest BCUT2D eigenvalue weighted by molar-refractivity contribution is 5.91. The summed E-state index contributed by atoms with van der Waals surface area (Å²) in [6.07, 6.45) is 0.897. The minimum absolute atomic E-state index is 0.0270. The Morgan fingerprint density at radius 1 is 1.44 bits per heavy atom. The topological polar surface area (TPSA) is 49.6 Å². The summed E-state index contributed by atoms with van der Waals surface area (Å²) in [6.45, 7) is 1.42. The van der Waals surface area contributed by atoms with Crippen molar-refractivity contribution in [2.24, 2.45) is 5.73 Å². The van der Waals surface area contributed by atoms with Crippen LogP contribution in [0.4, 0.5) is 10.5 Å². The fourth-order valence-electron chi connectivity index (χ4n) is 1.94. The quantitative estimate of drug-likeness (QED) is 0.773. The van der Waals surface area contributed by atoms with Crippen molar-refractivity contribution in [1.29, 1.82) is 0 Å². The van der Waals surface area contributed by atoms with Gasteiger partial charge in [0.2, 0.25) is 0 Å². The highest BCUT2D eigenvalue weighted by Crippen LogP contribution is 2.16. The minimum Gasteiger partial charge on any atom is -0.326 e. The van der Waals surface area contributed by atoms with Crippen LogP contribution >= 0.6 is 0 Å². The van der Waals surface area contributed by atoms with Crippen LogP contribution in [0.1, 0.15) is 6.42 Å². The average Bonchev–Trinajstić information content (AvgIpc) is 2.75. The zero-order chi connectivity index (χ0) is 11.5. The van der Waals surface area contributed by atoms with Gasteiger partial charge in [0.05, 0.1) is 0 Å². The van der Waals surface area contributed by atoms with Gasteiger partial charge in [-0.1, -0.05) is 18.2 Å². The van der Waals surface area contributed by atoms with Crippen molar-refractivity contribution in [3.05, 3.63) is 30.3 Å². The van der Waals surface area contributed by atoms with E-state index >= 15 is 0 Å². The van der Waals surface area contributed by atoms with Crippen LogP contribution in [0.3, 0.4) is 0 Å². The van der Waals surface area contributed by atoms with E-state index < -0.39 is 0 Å². The normalized spacial score (nSPS) is 19.9. The predicted molar refractivity (Wildman–Crippen MR) is 64.4 cm³/mol. The fraction of sp³-hybridized carbons (Fsp3) is 0.417. The summed E-state index contributed by atoms with van der Waals surface area (Å²) in [7, 11) is 1.79. The molecule has 1 saturated heterocycles. The zero-order valence-electron chi connectivity index (χ0n) is 9.47. The Hall–Kier alpha value is -1.55. The van der Waals surface area contributed by atoms with Gasteiger partial charge < -0.3 is 10.6 Å². The molecule has 1 atom stereocenters. The largest absolute Gasteiger partial charge is 0.326 e. The number of nitrogens with two attached hydrogens (primary N) is 1. The molecule has 86 valence electrons. The van der Waals surface area contributed by atoms with Gasteiger partial charge in [-0.05, 0) is 18.6 Å². The molecule has 2 amide bonds. The highest BCUT2D eigenvalue weighted by atomic mass is 16.2. The first-order chi connectivity index (χ1) is 7.68. The number of urea groups is 1. The standard InChI is InChI=1S/C12H17N3O/c1-14(11-5-3-2-4-6-11)12(16)15-8-7-10(13)9-15/h2-6,10H,7-9,13H2,1H3/t10-/m1/s1. The second-order valence-electron chi connectivity index (χ2n) is 4.17. The molecule has 4 heteroatoms. The van der Waals surface area contributed by atoms with Crippen LogP contribution in [0, 0.1) is 0 Å². The molecule has 0 bridgehead atoms. The maximum Gasteiger partial charge on any atom is 0.324 e. The molecule has 1 aliphatic rings. The smallest absolute Gasteiger partial charge is 0.324 e. The van der Waals surface area contributed by atoms with E-state index in [1.807, 2.05) is 30.3 Å². The summed E-state index contributed by atoms with van der Waals surface area (Å²) in [5, 5.41) is 0. The lowest BCUT2D eigenvalue weighted by Gasteiger charge is -2.24. The van der Waals surface area contributed by atoms with Crippen molar-refractivity contribution < 1.29 is 4.79 Å². The number of nitrogens with zero attached hydrogens (tertiary/aromatic N) is 2. The summed E-state index contributed by atoms with van der Waals surface area (Å²) in [4.78, 5) is 15.6. The van der Waals surface area contributed by atoms with Gasteiger partial charge in [0.25, 0.3) is 0 Å². The summed E-state index contributed by atoms with van der Waals surface area (Å²) < 4.78 is 0. The van der Waals surface area contributed by atoms with E-state index in [9.17, 15) is 4.79 Å². The van der Waals surface area contributed by atoms with Crippen molar-refractivity contribution in [3.8, 4) is 0 Å². The lowest BCUT2D eigenvalue weighted by molar-refractivity contribution is 0.216. The molecule has 1 heterocycles. The third kappa shape index (κ3) is 2.17. The molecule has 16 heavy (non-hydrogen) atoms. The number of rotatable bonds is 1. The summed E-state index contributed by atoms with van der Waals surface area (Å²) in [5.74, 6) is 0. The maximum atomic E-state index is 12.1. The number of carbonyl (C=O) groups excluding carboxylic acids is 1. The Bertz CT molecular complexity index is 366. The first-order valence-corrected chi connectivity index (χ1v) is 5.52. The van der Waals surface area contributed by atoms with Crippen LogP contribution in [0.2, 0.25) is 0 Å². The van der Waals surface area contributed by atoms with Gasteiger partial charge in [0, 0.05) is 31.9 Å². The van der Waals surface area contributed by atoms with Gasteiger partial charge in [-0.15, -0.1) is 0 Å². The van der Waals surface area contributed by atoms with Crippen LogP contribution in [-0.2, 0) is 0 Å². The number of anilines is 1. The second-order valence-corrected chi connectivity index (χ2v) is 4.17. The Morgan fingerprint density at radius 2 is 2.12 bits per heavy atom. The number of likely N-dealkylation sites (tertiary alicyclic amines) is 1. The van der Waals surface area contributed by atoms with E-state index in [1.54, 1.807) is 16.8 Å². The number of amides is 2. The van der Waals surface area contributed by atoms with Crippen molar-refractivity contribution >= 4 is 11.7 Å². The van der Waals surface area contributed by atoms with Gasteiger partial charge in [-0.3, -0.25) is 4.90 Å². The Balaban J connectivity index is 2.05. The van der Waals surface area contributed by atoms with E-state index in [0.717, 1.165) is 18.7 Å². The maximum absolute atomic E-state index is 12.1. The van der Waals surface area contributed by atoms with Crippen molar-refractivity contribution in [1.82, 2.24) is 4.90 Å². The van der Waals surface area contributed by atoms with Gasteiger partial charge >= 0.3 is 6.03 Å². The van der Waals surface area contributed by atoms with E-state index in [1.165, 1.54) is 0 Å². The average molecular weight is 219 g/mol. The molecule has 0 radical (unpaired) electrons. The number of hydrogen-bond acceptors (Lipinski definition) is 2. The predicted octanol–water partition coefficient (Wildman–Crippen LogP) is 1.28. The number of para-hydroxylation sites is 1. The third-order valence-electron chi connectivity index (χ3n) is 2.93. The lowest BCUT2D eigenvalue weighted by Crippen LogP contribution is -2.41. The molecule has 0 unspecified atom stereocenters.